The van der Waals surface area contributed by atoms with Gasteiger partial charge in [0.1, 0.15) is 5.52 Å². The second-order valence-corrected chi connectivity index (χ2v) is 13.4. The van der Waals surface area contributed by atoms with E-state index in [1.165, 1.54) is 70.7 Å². The zero-order valence-corrected chi connectivity index (χ0v) is 27.6. The molecule has 0 fully saturated rings. The maximum absolute atomic E-state index is 6.58. The van der Waals surface area contributed by atoms with E-state index in [0.29, 0.717) is 5.89 Å². The highest BCUT2D eigenvalue weighted by Crippen LogP contribution is 2.47. The van der Waals surface area contributed by atoms with Crippen LogP contribution < -0.4 is 0 Å². The van der Waals surface area contributed by atoms with Gasteiger partial charge in [-0.25, -0.2) is 4.98 Å². The first-order valence-electron chi connectivity index (χ1n) is 17.5. The average molecular weight is 648 g/mol. The maximum atomic E-state index is 6.58. The Balaban J connectivity index is 1.22. The van der Waals surface area contributed by atoms with Crippen LogP contribution in [0.1, 0.15) is 0 Å². The standard InChI is InChI=1S/C49H29NO/c1-2-12-32(13-3-1)49-50-44-27-26-31-24-22-30-23-25-34(29-42(30)46(31)48(44)51-49)45-38-18-8-10-20-40(38)47(41-21-11-9-19-39(41)45)43-28-33-14-4-5-15-35(33)36-16-6-7-17-37(36)43/h1-29H. The number of oxazole rings is 1. The molecule has 0 saturated carbocycles. The van der Waals surface area contributed by atoms with Gasteiger partial charge in [-0.2, -0.15) is 0 Å². The molecule has 0 aliphatic rings. The lowest BCUT2D eigenvalue weighted by Gasteiger charge is -2.20. The third-order valence-electron chi connectivity index (χ3n) is 10.6. The lowest BCUT2D eigenvalue weighted by Crippen LogP contribution is -1.92. The van der Waals surface area contributed by atoms with E-state index in [9.17, 15) is 0 Å². The first-order valence-corrected chi connectivity index (χ1v) is 17.5. The second-order valence-electron chi connectivity index (χ2n) is 13.4. The molecule has 1 aromatic heterocycles. The molecule has 0 saturated heterocycles. The van der Waals surface area contributed by atoms with E-state index in [1.54, 1.807) is 0 Å². The van der Waals surface area contributed by atoms with Crippen molar-refractivity contribution in [1.29, 1.82) is 0 Å². The van der Waals surface area contributed by atoms with Gasteiger partial charge in [0.2, 0.25) is 5.89 Å². The van der Waals surface area contributed by atoms with Crippen LogP contribution in [0.4, 0.5) is 0 Å². The number of aromatic nitrogens is 1. The number of fused-ring (bicyclic) bond motifs is 10. The van der Waals surface area contributed by atoms with Gasteiger partial charge in [0.05, 0.1) is 0 Å². The summed E-state index contributed by atoms with van der Waals surface area (Å²) in [5.74, 6) is 0.639. The van der Waals surface area contributed by atoms with Crippen molar-refractivity contribution >= 4 is 75.7 Å². The molecule has 0 bridgehead atoms. The molecule has 2 heteroatoms. The summed E-state index contributed by atoms with van der Waals surface area (Å²) in [5, 5.41) is 14.6. The van der Waals surface area contributed by atoms with Crippen LogP contribution in [-0.2, 0) is 0 Å². The lowest BCUT2D eigenvalue weighted by molar-refractivity contribution is 0.623. The molecule has 51 heavy (non-hydrogen) atoms. The number of benzene rings is 10. The van der Waals surface area contributed by atoms with Gasteiger partial charge < -0.3 is 4.42 Å². The van der Waals surface area contributed by atoms with E-state index >= 15 is 0 Å². The summed E-state index contributed by atoms with van der Waals surface area (Å²) >= 11 is 0. The van der Waals surface area contributed by atoms with Crippen molar-refractivity contribution in [2.45, 2.75) is 0 Å². The molecule has 11 aromatic rings. The Kier molecular flexibility index (Phi) is 5.99. The first-order chi connectivity index (χ1) is 25.3. The third kappa shape index (κ3) is 4.20. The highest BCUT2D eigenvalue weighted by molar-refractivity contribution is 6.26. The highest BCUT2D eigenvalue weighted by atomic mass is 16.3. The molecule has 0 amide bonds. The predicted octanol–water partition coefficient (Wildman–Crippen LogP) is 13.7. The highest BCUT2D eigenvalue weighted by Gasteiger charge is 2.20. The molecule has 10 aromatic carbocycles. The summed E-state index contributed by atoms with van der Waals surface area (Å²) in [6.45, 7) is 0. The van der Waals surface area contributed by atoms with Crippen LogP contribution in [0.25, 0.3) is 109 Å². The Hall–Kier alpha value is -6.77. The lowest BCUT2D eigenvalue weighted by atomic mass is 9.83. The van der Waals surface area contributed by atoms with Crippen LogP contribution in [0, 0.1) is 0 Å². The second kappa shape index (κ2) is 10.9. The minimum Gasteiger partial charge on any atom is -0.435 e. The molecule has 0 N–H and O–H groups in total. The van der Waals surface area contributed by atoms with Gasteiger partial charge in [-0.3, -0.25) is 0 Å². The quantitative estimate of drug-likeness (QED) is 0.141. The van der Waals surface area contributed by atoms with Crippen molar-refractivity contribution in [3.8, 4) is 33.7 Å². The van der Waals surface area contributed by atoms with Crippen molar-refractivity contribution in [1.82, 2.24) is 4.98 Å². The van der Waals surface area contributed by atoms with E-state index in [2.05, 4.69) is 146 Å². The Morgan fingerprint density at radius 3 is 1.67 bits per heavy atom. The number of hydrogen-bond acceptors (Lipinski definition) is 2. The zero-order chi connectivity index (χ0) is 33.5. The van der Waals surface area contributed by atoms with E-state index in [-0.39, 0.29) is 0 Å². The van der Waals surface area contributed by atoms with E-state index < -0.39 is 0 Å². The Morgan fingerprint density at radius 1 is 0.353 bits per heavy atom. The molecule has 0 radical (unpaired) electrons. The molecule has 236 valence electrons. The van der Waals surface area contributed by atoms with Gasteiger partial charge in [0.15, 0.2) is 5.58 Å². The normalized spacial score (nSPS) is 11.9. The average Bonchev–Trinajstić information content (AvgIpc) is 3.65. The van der Waals surface area contributed by atoms with Crippen molar-refractivity contribution in [3.05, 3.63) is 176 Å². The topological polar surface area (TPSA) is 26.0 Å². The molecular weight excluding hydrogens is 619 g/mol. The molecule has 11 rings (SSSR count). The molecule has 0 aliphatic carbocycles. The minimum atomic E-state index is 0.639. The van der Waals surface area contributed by atoms with Gasteiger partial charge in [0, 0.05) is 10.9 Å². The Labute approximate surface area is 293 Å². The van der Waals surface area contributed by atoms with E-state index in [0.717, 1.165) is 32.8 Å². The number of nitrogens with zero attached hydrogens (tertiary/aromatic N) is 1. The molecule has 0 unspecified atom stereocenters. The summed E-state index contributed by atoms with van der Waals surface area (Å²) < 4.78 is 6.58. The summed E-state index contributed by atoms with van der Waals surface area (Å²) in [6, 6.07) is 63.5. The van der Waals surface area contributed by atoms with Crippen LogP contribution in [0.2, 0.25) is 0 Å². The first kappa shape index (κ1) is 28.1. The Morgan fingerprint density at radius 2 is 0.922 bits per heavy atom. The summed E-state index contributed by atoms with van der Waals surface area (Å²) in [5.41, 5.74) is 7.61. The van der Waals surface area contributed by atoms with Crippen LogP contribution in [0.5, 0.6) is 0 Å². The van der Waals surface area contributed by atoms with Crippen LogP contribution in [0.15, 0.2) is 180 Å². The van der Waals surface area contributed by atoms with E-state index in [1.807, 2.05) is 30.3 Å². The zero-order valence-electron chi connectivity index (χ0n) is 27.6. The van der Waals surface area contributed by atoms with E-state index in [4.69, 9.17) is 9.40 Å². The molecular formula is C49H29NO. The number of rotatable bonds is 3. The summed E-state index contributed by atoms with van der Waals surface area (Å²) in [4.78, 5) is 4.91. The van der Waals surface area contributed by atoms with Crippen molar-refractivity contribution in [2.24, 2.45) is 0 Å². The Bertz CT molecular complexity index is 3130. The van der Waals surface area contributed by atoms with Gasteiger partial charge in [-0.15, -0.1) is 0 Å². The van der Waals surface area contributed by atoms with Gasteiger partial charge in [-0.05, 0) is 112 Å². The maximum Gasteiger partial charge on any atom is 0.227 e. The minimum absolute atomic E-state index is 0.639. The fraction of sp³-hybridized carbons (Fsp3) is 0. The number of hydrogen-bond donors (Lipinski definition) is 0. The fourth-order valence-corrected chi connectivity index (χ4v) is 8.37. The smallest absolute Gasteiger partial charge is 0.227 e. The van der Waals surface area contributed by atoms with Gasteiger partial charge >= 0.3 is 0 Å². The molecule has 0 atom stereocenters. The van der Waals surface area contributed by atoms with Crippen molar-refractivity contribution < 1.29 is 4.42 Å². The van der Waals surface area contributed by atoms with Crippen LogP contribution in [-0.4, -0.2) is 4.98 Å². The molecule has 2 nitrogen and oxygen atoms in total. The monoisotopic (exact) mass is 647 g/mol. The van der Waals surface area contributed by atoms with Crippen molar-refractivity contribution in [2.75, 3.05) is 0 Å². The predicted molar refractivity (Wildman–Crippen MR) is 215 cm³/mol. The molecule has 0 spiro atoms. The SMILES string of the molecule is c1ccc(-c2nc3ccc4ccc5ccc(-c6c7ccccc7c(-c7cc8ccccc8c8ccccc78)c7ccccc67)cc5c4c3o2)cc1. The third-order valence-corrected chi connectivity index (χ3v) is 10.6. The largest absolute Gasteiger partial charge is 0.435 e. The summed E-state index contributed by atoms with van der Waals surface area (Å²) in [7, 11) is 0. The van der Waals surface area contributed by atoms with Crippen LogP contribution in [0.3, 0.4) is 0 Å². The van der Waals surface area contributed by atoms with Gasteiger partial charge in [-0.1, -0.05) is 146 Å². The molecule has 0 aliphatic heterocycles. The molecule has 1 heterocycles. The fourth-order valence-electron chi connectivity index (χ4n) is 8.37. The van der Waals surface area contributed by atoms with Crippen LogP contribution >= 0.6 is 0 Å². The van der Waals surface area contributed by atoms with Gasteiger partial charge in [0.25, 0.3) is 0 Å². The van der Waals surface area contributed by atoms with Crippen molar-refractivity contribution in [3.63, 3.8) is 0 Å². The summed E-state index contributed by atoms with van der Waals surface area (Å²) in [6.07, 6.45) is 0.